The van der Waals surface area contributed by atoms with E-state index >= 15 is 0 Å². The van der Waals surface area contributed by atoms with Crippen LogP contribution in [0.4, 0.5) is 0 Å². The SMILES string of the molecule is CCCCCCCCC(CC)OC(=O)CCCCCCCNCCCCCCCC(=O)OC(CCCCCCCC)CCCCCCCC. The number of carbonyl (C=O) groups excluding carboxylic acids is 2. The lowest BCUT2D eigenvalue weighted by Gasteiger charge is -2.18. The Bertz CT molecular complexity index is 668. The van der Waals surface area contributed by atoms with Gasteiger partial charge < -0.3 is 14.8 Å². The molecule has 1 atom stereocenters. The first kappa shape index (κ1) is 47.9. The third-order valence-corrected chi connectivity index (χ3v) is 10.2. The fourth-order valence-corrected chi connectivity index (χ4v) is 6.78. The van der Waals surface area contributed by atoms with E-state index in [-0.39, 0.29) is 24.1 Å². The van der Waals surface area contributed by atoms with Gasteiger partial charge in [0.25, 0.3) is 0 Å². The van der Waals surface area contributed by atoms with Gasteiger partial charge in [-0.15, -0.1) is 0 Å². The first-order valence-corrected chi connectivity index (χ1v) is 22.2. The zero-order chi connectivity index (χ0) is 35.9. The van der Waals surface area contributed by atoms with Crippen LogP contribution in [0.5, 0.6) is 0 Å². The zero-order valence-electron chi connectivity index (χ0n) is 33.7. The number of carbonyl (C=O) groups is 2. The summed E-state index contributed by atoms with van der Waals surface area (Å²) in [4.78, 5) is 24.9. The fraction of sp³-hybridized carbons (Fsp3) is 0.955. The number of rotatable bonds is 40. The number of nitrogens with one attached hydrogen (secondary N) is 1. The van der Waals surface area contributed by atoms with Gasteiger partial charge in [-0.2, -0.15) is 0 Å². The monoisotopic (exact) mass is 694 g/mol. The van der Waals surface area contributed by atoms with Crippen LogP contribution in [0.1, 0.15) is 246 Å². The van der Waals surface area contributed by atoms with Crippen LogP contribution >= 0.6 is 0 Å². The number of hydrogen-bond acceptors (Lipinski definition) is 5. The Morgan fingerprint density at radius 3 is 1.08 bits per heavy atom. The molecule has 0 fully saturated rings. The maximum absolute atomic E-state index is 12.6. The maximum Gasteiger partial charge on any atom is 0.306 e. The van der Waals surface area contributed by atoms with E-state index in [1.807, 2.05) is 0 Å². The smallest absolute Gasteiger partial charge is 0.306 e. The van der Waals surface area contributed by atoms with Crippen LogP contribution in [0.3, 0.4) is 0 Å². The third-order valence-electron chi connectivity index (χ3n) is 10.2. The average molecular weight is 694 g/mol. The number of ether oxygens (including phenoxy) is 2. The van der Waals surface area contributed by atoms with Crippen LogP contribution in [-0.2, 0) is 19.1 Å². The van der Waals surface area contributed by atoms with Gasteiger partial charge in [0.05, 0.1) is 0 Å². The maximum atomic E-state index is 12.6. The second-order valence-corrected chi connectivity index (χ2v) is 15.1. The molecule has 0 saturated carbocycles. The van der Waals surface area contributed by atoms with E-state index in [2.05, 4.69) is 33.0 Å². The normalized spacial score (nSPS) is 12.1. The Hall–Kier alpha value is -1.10. The molecule has 1 unspecified atom stereocenters. The molecule has 0 bridgehead atoms. The zero-order valence-corrected chi connectivity index (χ0v) is 33.7. The summed E-state index contributed by atoms with van der Waals surface area (Å²) < 4.78 is 11.7. The number of esters is 2. The van der Waals surface area contributed by atoms with Crippen LogP contribution in [0.2, 0.25) is 0 Å². The minimum absolute atomic E-state index is 0.00526. The van der Waals surface area contributed by atoms with E-state index in [1.165, 1.54) is 154 Å². The van der Waals surface area contributed by atoms with Crippen molar-refractivity contribution in [1.82, 2.24) is 5.32 Å². The second kappa shape index (κ2) is 39.7. The van der Waals surface area contributed by atoms with Crippen molar-refractivity contribution in [3.8, 4) is 0 Å². The molecule has 0 aromatic carbocycles. The molecule has 0 aromatic heterocycles. The highest BCUT2D eigenvalue weighted by Gasteiger charge is 2.15. The number of unbranched alkanes of at least 4 members (excludes halogenated alkanes) is 23. The molecule has 292 valence electrons. The molecule has 0 aliphatic heterocycles. The Balaban J connectivity index is 3.73. The molecule has 0 aliphatic rings. The summed E-state index contributed by atoms with van der Waals surface area (Å²) in [5.41, 5.74) is 0. The quantitative estimate of drug-likeness (QED) is 0.0511. The predicted octanol–water partition coefficient (Wildman–Crippen LogP) is 13.7. The highest BCUT2D eigenvalue weighted by molar-refractivity contribution is 5.69. The average Bonchev–Trinajstić information content (AvgIpc) is 3.10. The van der Waals surface area contributed by atoms with Crippen LogP contribution < -0.4 is 5.32 Å². The molecule has 49 heavy (non-hydrogen) atoms. The summed E-state index contributed by atoms with van der Waals surface area (Å²) in [7, 11) is 0. The standard InChI is InChI=1S/C44H87NO4/c1-5-9-12-15-20-27-34-41(8-4)48-43(46)37-30-23-18-25-32-39-45-40-33-26-19-24-31-38-44(47)49-42(35-28-21-16-13-10-6-2)36-29-22-17-14-11-7-3/h41-42,45H,5-40H2,1-4H3. The highest BCUT2D eigenvalue weighted by Crippen LogP contribution is 2.19. The Morgan fingerprint density at radius 2 is 0.694 bits per heavy atom. The van der Waals surface area contributed by atoms with Crippen molar-refractivity contribution in [2.75, 3.05) is 13.1 Å². The summed E-state index contributed by atoms with van der Waals surface area (Å²) in [5, 5.41) is 3.60. The molecule has 5 nitrogen and oxygen atoms in total. The first-order valence-electron chi connectivity index (χ1n) is 22.2. The molecular formula is C44H87NO4. The van der Waals surface area contributed by atoms with Gasteiger partial charge in [0.1, 0.15) is 12.2 Å². The second-order valence-electron chi connectivity index (χ2n) is 15.1. The molecule has 5 heteroatoms. The minimum Gasteiger partial charge on any atom is -0.462 e. The van der Waals surface area contributed by atoms with Gasteiger partial charge >= 0.3 is 11.9 Å². The van der Waals surface area contributed by atoms with E-state index in [9.17, 15) is 9.59 Å². The van der Waals surface area contributed by atoms with E-state index in [0.29, 0.717) is 12.8 Å². The molecule has 0 radical (unpaired) electrons. The van der Waals surface area contributed by atoms with E-state index in [1.54, 1.807) is 0 Å². The van der Waals surface area contributed by atoms with E-state index < -0.39 is 0 Å². The van der Waals surface area contributed by atoms with Crippen LogP contribution in [0.15, 0.2) is 0 Å². The summed E-state index contributed by atoms with van der Waals surface area (Å²) >= 11 is 0. The van der Waals surface area contributed by atoms with Crippen molar-refractivity contribution in [3.63, 3.8) is 0 Å². The van der Waals surface area contributed by atoms with Crippen LogP contribution in [-0.4, -0.2) is 37.2 Å². The lowest BCUT2D eigenvalue weighted by molar-refractivity contribution is -0.150. The lowest BCUT2D eigenvalue weighted by Crippen LogP contribution is -2.18. The topological polar surface area (TPSA) is 64.6 Å². The van der Waals surface area contributed by atoms with Crippen molar-refractivity contribution >= 4 is 11.9 Å². The molecule has 0 heterocycles. The Kier molecular flexibility index (Phi) is 38.8. The van der Waals surface area contributed by atoms with Gasteiger partial charge in [0, 0.05) is 12.8 Å². The highest BCUT2D eigenvalue weighted by atomic mass is 16.5. The van der Waals surface area contributed by atoms with Crippen molar-refractivity contribution < 1.29 is 19.1 Å². The van der Waals surface area contributed by atoms with Gasteiger partial charge in [-0.3, -0.25) is 9.59 Å². The van der Waals surface area contributed by atoms with Crippen molar-refractivity contribution in [3.05, 3.63) is 0 Å². The van der Waals surface area contributed by atoms with Gasteiger partial charge in [-0.05, 0) is 83.7 Å². The minimum atomic E-state index is 0.00526. The van der Waals surface area contributed by atoms with Gasteiger partial charge in [0.2, 0.25) is 0 Å². The fourth-order valence-electron chi connectivity index (χ4n) is 6.78. The van der Waals surface area contributed by atoms with E-state index in [0.717, 1.165) is 64.5 Å². The molecule has 1 N–H and O–H groups in total. The first-order chi connectivity index (χ1) is 24.1. The van der Waals surface area contributed by atoms with Crippen LogP contribution in [0, 0.1) is 0 Å². The summed E-state index contributed by atoms with van der Waals surface area (Å²) in [6, 6.07) is 0. The molecule has 0 amide bonds. The van der Waals surface area contributed by atoms with Gasteiger partial charge in [-0.25, -0.2) is 0 Å². The Morgan fingerprint density at radius 1 is 0.388 bits per heavy atom. The number of hydrogen-bond donors (Lipinski definition) is 1. The molecule has 0 aromatic rings. The van der Waals surface area contributed by atoms with Crippen LogP contribution in [0.25, 0.3) is 0 Å². The predicted molar refractivity (Wildman–Crippen MR) is 212 cm³/mol. The molecular weight excluding hydrogens is 606 g/mol. The molecule has 0 aliphatic carbocycles. The summed E-state index contributed by atoms with van der Waals surface area (Å²) in [6.45, 7) is 11.1. The van der Waals surface area contributed by atoms with Gasteiger partial charge in [0.15, 0.2) is 0 Å². The molecule has 0 spiro atoms. The van der Waals surface area contributed by atoms with Crippen molar-refractivity contribution in [2.45, 2.75) is 258 Å². The molecule has 0 rings (SSSR count). The van der Waals surface area contributed by atoms with Gasteiger partial charge in [-0.1, -0.05) is 163 Å². The summed E-state index contributed by atoms with van der Waals surface area (Å²) in [6.07, 6.45) is 40.2. The van der Waals surface area contributed by atoms with Crippen molar-refractivity contribution in [2.24, 2.45) is 0 Å². The van der Waals surface area contributed by atoms with E-state index in [4.69, 9.17) is 9.47 Å². The Labute approximate surface area is 307 Å². The summed E-state index contributed by atoms with van der Waals surface area (Å²) in [5.74, 6) is 0.0400. The third kappa shape index (κ3) is 36.5. The lowest BCUT2D eigenvalue weighted by atomic mass is 10.0. The largest absolute Gasteiger partial charge is 0.462 e. The molecule has 0 saturated heterocycles. The van der Waals surface area contributed by atoms with Crippen molar-refractivity contribution in [1.29, 1.82) is 0 Å².